The maximum Gasteiger partial charge on any atom is 0.0639 e. The molecule has 2 aliphatic rings. The highest BCUT2D eigenvalue weighted by atomic mass is 15.1. The SMILES string of the molecule is CC1=C(/C=C\N)C2(CCC(C)CC2)N1. The van der Waals surface area contributed by atoms with Crippen molar-refractivity contribution in [2.75, 3.05) is 0 Å². The van der Waals surface area contributed by atoms with Gasteiger partial charge >= 0.3 is 0 Å². The highest BCUT2D eigenvalue weighted by Crippen LogP contribution is 2.43. The summed E-state index contributed by atoms with van der Waals surface area (Å²) >= 11 is 0. The van der Waals surface area contributed by atoms with E-state index in [1.807, 2.05) is 0 Å². The van der Waals surface area contributed by atoms with Crippen LogP contribution in [0.4, 0.5) is 0 Å². The predicted octanol–water partition coefficient (Wildman–Crippen LogP) is 2.28. The molecule has 0 aromatic rings. The molecule has 0 unspecified atom stereocenters. The Kier molecular flexibility index (Phi) is 2.30. The summed E-state index contributed by atoms with van der Waals surface area (Å²) in [6.07, 6.45) is 8.95. The number of nitrogens with one attached hydrogen (secondary N) is 1. The van der Waals surface area contributed by atoms with E-state index >= 15 is 0 Å². The van der Waals surface area contributed by atoms with E-state index in [9.17, 15) is 0 Å². The monoisotopic (exact) mass is 192 g/mol. The second-order valence-electron chi connectivity index (χ2n) is 4.79. The lowest BCUT2D eigenvalue weighted by Crippen LogP contribution is -2.56. The molecule has 0 atom stereocenters. The fraction of sp³-hybridized carbons (Fsp3) is 0.667. The van der Waals surface area contributed by atoms with Crippen LogP contribution in [0.3, 0.4) is 0 Å². The molecule has 3 N–H and O–H groups in total. The zero-order chi connectivity index (χ0) is 10.2. The van der Waals surface area contributed by atoms with Crippen molar-refractivity contribution in [3.05, 3.63) is 23.5 Å². The van der Waals surface area contributed by atoms with Gasteiger partial charge in [-0.15, -0.1) is 0 Å². The zero-order valence-electron chi connectivity index (χ0n) is 9.14. The lowest BCUT2D eigenvalue weighted by atomic mass is 9.68. The summed E-state index contributed by atoms with van der Waals surface area (Å²) in [7, 11) is 0. The quantitative estimate of drug-likeness (QED) is 0.669. The Hall–Kier alpha value is -0.920. The molecule has 2 rings (SSSR count). The molecule has 0 amide bonds. The maximum atomic E-state index is 5.48. The number of allylic oxidation sites excluding steroid dienone is 1. The van der Waals surface area contributed by atoms with Gasteiger partial charge in [0.05, 0.1) is 5.54 Å². The minimum Gasteiger partial charge on any atom is -0.405 e. The van der Waals surface area contributed by atoms with E-state index in [4.69, 9.17) is 5.73 Å². The number of nitrogens with two attached hydrogens (primary N) is 1. The van der Waals surface area contributed by atoms with Crippen molar-refractivity contribution in [1.29, 1.82) is 0 Å². The first-order valence-electron chi connectivity index (χ1n) is 5.56. The average molecular weight is 192 g/mol. The number of hydrogen-bond donors (Lipinski definition) is 2. The van der Waals surface area contributed by atoms with Crippen molar-refractivity contribution in [2.45, 2.75) is 45.1 Å². The lowest BCUT2D eigenvalue weighted by molar-refractivity contribution is 0.220. The molecule has 0 aromatic carbocycles. The molecular formula is C12H20N2. The van der Waals surface area contributed by atoms with E-state index in [-0.39, 0.29) is 5.54 Å². The third-order valence-electron chi connectivity index (χ3n) is 3.74. The predicted molar refractivity (Wildman–Crippen MR) is 59.5 cm³/mol. The Morgan fingerprint density at radius 3 is 2.57 bits per heavy atom. The molecule has 0 radical (unpaired) electrons. The fourth-order valence-electron chi connectivity index (χ4n) is 2.82. The van der Waals surface area contributed by atoms with Gasteiger partial charge in [-0.1, -0.05) is 6.92 Å². The summed E-state index contributed by atoms with van der Waals surface area (Å²) in [6, 6.07) is 0. The van der Waals surface area contributed by atoms with E-state index in [2.05, 4.69) is 25.2 Å². The van der Waals surface area contributed by atoms with E-state index < -0.39 is 0 Å². The van der Waals surface area contributed by atoms with Crippen molar-refractivity contribution in [2.24, 2.45) is 11.7 Å². The van der Waals surface area contributed by atoms with Crippen molar-refractivity contribution >= 4 is 0 Å². The Bertz CT molecular complexity index is 281. The van der Waals surface area contributed by atoms with Crippen molar-refractivity contribution in [1.82, 2.24) is 5.32 Å². The summed E-state index contributed by atoms with van der Waals surface area (Å²) < 4.78 is 0. The van der Waals surface area contributed by atoms with Gasteiger partial charge in [-0.3, -0.25) is 0 Å². The minimum absolute atomic E-state index is 0.284. The molecule has 0 bridgehead atoms. The summed E-state index contributed by atoms with van der Waals surface area (Å²) in [5, 5.41) is 3.59. The van der Waals surface area contributed by atoms with Crippen LogP contribution in [-0.4, -0.2) is 5.54 Å². The molecular weight excluding hydrogens is 172 g/mol. The molecule has 1 saturated carbocycles. The second kappa shape index (κ2) is 3.34. The van der Waals surface area contributed by atoms with Crippen LogP contribution in [0.2, 0.25) is 0 Å². The van der Waals surface area contributed by atoms with Crippen LogP contribution in [0.5, 0.6) is 0 Å². The topological polar surface area (TPSA) is 38.0 Å². The lowest BCUT2D eigenvalue weighted by Gasteiger charge is -2.50. The summed E-state index contributed by atoms with van der Waals surface area (Å²) in [5.41, 5.74) is 8.50. The standard InChI is InChI=1S/C12H20N2/c1-9-3-6-12(7-4-9)11(5-8-13)10(2)14-12/h5,8-9,14H,3-4,6-7,13H2,1-2H3/b8-5-. The molecule has 1 heterocycles. The van der Waals surface area contributed by atoms with Gasteiger partial charge in [0.2, 0.25) is 0 Å². The van der Waals surface area contributed by atoms with Gasteiger partial charge in [-0.2, -0.15) is 0 Å². The Balaban J connectivity index is 2.13. The Morgan fingerprint density at radius 2 is 2.07 bits per heavy atom. The van der Waals surface area contributed by atoms with E-state index in [0.717, 1.165) is 5.92 Å². The van der Waals surface area contributed by atoms with Crippen LogP contribution >= 0.6 is 0 Å². The molecule has 1 aliphatic carbocycles. The number of hydrogen-bond acceptors (Lipinski definition) is 2. The number of rotatable bonds is 1. The third-order valence-corrected chi connectivity index (χ3v) is 3.74. The molecule has 1 spiro atoms. The first-order valence-corrected chi connectivity index (χ1v) is 5.56. The van der Waals surface area contributed by atoms with Crippen LogP contribution in [-0.2, 0) is 0 Å². The fourth-order valence-corrected chi connectivity index (χ4v) is 2.82. The van der Waals surface area contributed by atoms with Gasteiger partial charge < -0.3 is 11.1 Å². The highest BCUT2D eigenvalue weighted by Gasteiger charge is 2.43. The molecule has 2 nitrogen and oxygen atoms in total. The van der Waals surface area contributed by atoms with Crippen LogP contribution < -0.4 is 11.1 Å². The largest absolute Gasteiger partial charge is 0.405 e. The van der Waals surface area contributed by atoms with Crippen molar-refractivity contribution in [3.63, 3.8) is 0 Å². The minimum atomic E-state index is 0.284. The Morgan fingerprint density at radius 1 is 1.43 bits per heavy atom. The van der Waals surface area contributed by atoms with Gasteiger partial charge in [0.15, 0.2) is 0 Å². The van der Waals surface area contributed by atoms with Crippen molar-refractivity contribution < 1.29 is 0 Å². The van der Waals surface area contributed by atoms with E-state index in [1.165, 1.54) is 37.0 Å². The zero-order valence-corrected chi connectivity index (χ0v) is 9.14. The van der Waals surface area contributed by atoms with Gasteiger partial charge in [0.25, 0.3) is 0 Å². The van der Waals surface area contributed by atoms with Gasteiger partial charge in [0, 0.05) is 5.70 Å². The van der Waals surface area contributed by atoms with Crippen LogP contribution in [0.25, 0.3) is 0 Å². The van der Waals surface area contributed by atoms with Crippen LogP contribution in [0.15, 0.2) is 23.5 Å². The summed E-state index contributed by atoms with van der Waals surface area (Å²) in [5.74, 6) is 0.895. The molecule has 1 aliphatic heterocycles. The molecule has 1 fully saturated rings. The molecule has 14 heavy (non-hydrogen) atoms. The van der Waals surface area contributed by atoms with Gasteiger partial charge in [-0.25, -0.2) is 0 Å². The summed E-state index contributed by atoms with van der Waals surface area (Å²) in [6.45, 7) is 4.49. The van der Waals surface area contributed by atoms with Crippen LogP contribution in [0, 0.1) is 5.92 Å². The van der Waals surface area contributed by atoms with Gasteiger partial charge in [0.1, 0.15) is 0 Å². The normalized spacial score (nSPS) is 37.4. The third kappa shape index (κ3) is 1.33. The molecule has 2 heteroatoms. The maximum absolute atomic E-state index is 5.48. The second-order valence-corrected chi connectivity index (χ2v) is 4.79. The van der Waals surface area contributed by atoms with E-state index in [0.29, 0.717) is 0 Å². The first-order chi connectivity index (χ1) is 6.68. The smallest absolute Gasteiger partial charge is 0.0639 e. The van der Waals surface area contributed by atoms with Gasteiger partial charge in [-0.05, 0) is 56.4 Å². The summed E-state index contributed by atoms with van der Waals surface area (Å²) in [4.78, 5) is 0. The first kappa shape index (κ1) is 9.63. The highest BCUT2D eigenvalue weighted by molar-refractivity contribution is 5.44. The molecule has 0 saturated heterocycles. The molecule has 78 valence electrons. The van der Waals surface area contributed by atoms with E-state index in [1.54, 1.807) is 6.20 Å². The van der Waals surface area contributed by atoms with Crippen LogP contribution in [0.1, 0.15) is 39.5 Å². The molecule has 0 aromatic heterocycles. The van der Waals surface area contributed by atoms with Crippen molar-refractivity contribution in [3.8, 4) is 0 Å². The Labute approximate surface area is 86.3 Å². The average Bonchev–Trinajstić information content (AvgIpc) is 2.18.